The zero-order valence-corrected chi connectivity index (χ0v) is 28.2. The lowest BCUT2D eigenvalue weighted by atomic mass is 9.66. The van der Waals surface area contributed by atoms with Crippen LogP contribution < -0.4 is 0 Å². The fourth-order valence-corrected chi connectivity index (χ4v) is 6.20. The summed E-state index contributed by atoms with van der Waals surface area (Å²) in [6.45, 7) is 21.8. The van der Waals surface area contributed by atoms with Crippen LogP contribution >= 0.6 is 0 Å². The van der Waals surface area contributed by atoms with Gasteiger partial charge in [-0.3, -0.25) is 0 Å². The van der Waals surface area contributed by atoms with Gasteiger partial charge < -0.3 is 10.2 Å². The molecule has 2 N–H and O–H groups in total. The van der Waals surface area contributed by atoms with Crippen molar-refractivity contribution in [2.45, 2.75) is 114 Å². The van der Waals surface area contributed by atoms with Gasteiger partial charge in [-0.15, -0.1) is 0 Å². The van der Waals surface area contributed by atoms with Crippen LogP contribution in [-0.2, 0) is 0 Å². The summed E-state index contributed by atoms with van der Waals surface area (Å²) in [5.41, 5.74) is 7.56. The lowest BCUT2D eigenvalue weighted by Gasteiger charge is -2.40. The minimum atomic E-state index is -0.590. The van der Waals surface area contributed by atoms with Crippen molar-refractivity contribution in [3.8, 4) is 0 Å². The van der Waals surface area contributed by atoms with E-state index in [1.807, 2.05) is 25.2 Å². The Bertz CT molecular complexity index is 1230. The summed E-state index contributed by atoms with van der Waals surface area (Å²) in [5.74, 6) is 0. The Balaban J connectivity index is 1.87. The molecule has 0 aromatic rings. The van der Waals surface area contributed by atoms with Gasteiger partial charge in [-0.25, -0.2) is 0 Å². The van der Waals surface area contributed by atoms with Crippen LogP contribution in [0.4, 0.5) is 0 Å². The lowest BCUT2D eigenvalue weighted by Crippen LogP contribution is -2.39. The Labute approximate surface area is 258 Å². The fourth-order valence-electron chi connectivity index (χ4n) is 6.20. The van der Waals surface area contributed by atoms with E-state index in [1.54, 1.807) is 0 Å². The first-order chi connectivity index (χ1) is 19.6. The van der Waals surface area contributed by atoms with Crippen molar-refractivity contribution in [1.82, 2.24) is 0 Å². The molecule has 3 atom stereocenters. The average molecular weight is 571 g/mol. The molecule has 2 aliphatic carbocycles. The molecule has 230 valence electrons. The zero-order valence-electron chi connectivity index (χ0n) is 28.2. The molecular weight excluding hydrogens is 512 g/mol. The van der Waals surface area contributed by atoms with E-state index in [9.17, 15) is 10.2 Å². The van der Waals surface area contributed by atoms with Crippen LogP contribution in [0.5, 0.6) is 0 Å². The van der Waals surface area contributed by atoms with Crippen LogP contribution in [0.3, 0.4) is 0 Å². The molecule has 0 spiro atoms. The Kier molecular flexibility index (Phi) is 13.3. The number of hydrogen-bond donors (Lipinski definition) is 2. The minimum absolute atomic E-state index is 0.107. The summed E-state index contributed by atoms with van der Waals surface area (Å²) < 4.78 is 0. The number of aliphatic hydroxyl groups is 2. The van der Waals surface area contributed by atoms with Crippen LogP contribution in [-0.4, -0.2) is 22.4 Å². The van der Waals surface area contributed by atoms with Gasteiger partial charge in [0.2, 0.25) is 0 Å². The molecule has 0 saturated heterocycles. The van der Waals surface area contributed by atoms with Crippen molar-refractivity contribution < 1.29 is 10.2 Å². The maximum Gasteiger partial charge on any atom is 0.0783 e. The predicted molar refractivity (Wildman–Crippen MR) is 184 cm³/mol. The van der Waals surface area contributed by atoms with E-state index in [2.05, 4.69) is 129 Å². The third-order valence-electron chi connectivity index (χ3n) is 9.47. The second kappa shape index (κ2) is 15.7. The summed E-state index contributed by atoms with van der Waals surface area (Å²) >= 11 is 0. The van der Waals surface area contributed by atoms with Gasteiger partial charge in [0.25, 0.3) is 0 Å². The zero-order chi connectivity index (χ0) is 31.6. The van der Waals surface area contributed by atoms with Gasteiger partial charge >= 0.3 is 0 Å². The van der Waals surface area contributed by atoms with Gasteiger partial charge in [0.15, 0.2) is 0 Å². The first-order valence-corrected chi connectivity index (χ1v) is 15.7. The maximum atomic E-state index is 10.9. The Morgan fingerprint density at radius 2 is 1.24 bits per heavy atom. The molecule has 1 saturated carbocycles. The van der Waals surface area contributed by atoms with Crippen molar-refractivity contribution in [2.75, 3.05) is 0 Å². The molecule has 0 amide bonds. The first-order valence-electron chi connectivity index (χ1n) is 15.7. The van der Waals surface area contributed by atoms with Crippen LogP contribution in [0.15, 0.2) is 119 Å². The monoisotopic (exact) mass is 570 g/mol. The second-order valence-corrected chi connectivity index (χ2v) is 14.2. The standard InChI is InChI=1S/C40H58O2/c1-30(18-13-20-32(3)23-25-36-34(5)22-15-27-38(36,6)7)16-11-12-17-31(2)19-14-21-33(4)24-26-37(42)40(10)29-35(41)28-39(40,8)9/h11-14,16-21,23-26,35,37,41-42H,15,22,27-29H2,1-10H3/b12-11+,18-13+,19-14+,25-23+,26-24+,30-16+,31-17+,32-20+,33-21+/t35-,37-,40-/m0/s1. The van der Waals surface area contributed by atoms with Gasteiger partial charge in [0, 0.05) is 5.41 Å². The molecule has 0 aliphatic heterocycles. The van der Waals surface area contributed by atoms with E-state index in [4.69, 9.17) is 0 Å². The molecule has 42 heavy (non-hydrogen) atoms. The van der Waals surface area contributed by atoms with Crippen LogP contribution in [0.25, 0.3) is 0 Å². The molecule has 1 fully saturated rings. The molecule has 2 nitrogen and oxygen atoms in total. The highest BCUT2D eigenvalue weighted by atomic mass is 16.3. The molecule has 0 heterocycles. The number of hydrogen-bond acceptors (Lipinski definition) is 2. The highest BCUT2D eigenvalue weighted by Crippen LogP contribution is 2.54. The topological polar surface area (TPSA) is 40.5 Å². The molecule has 0 aromatic carbocycles. The van der Waals surface area contributed by atoms with Crippen molar-refractivity contribution in [2.24, 2.45) is 16.2 Å². The van der Waals surface area contributed by atoms with E-state index >= 15 is 0 Å². The van der Waals surface area contributed by atoms with Crippen LogP contribution in [0, 0.1) is 16.2 Å². The lowest BCUT2D eigenvalue weighted by molar-refractivity contribution is -0.000365. The van der Waals surface area contributed by atoms with Gasteiger partial charge in [-0.05, 0) is 83.1 Å². The third kappa shape index (κ3) is 10.5. The molecule has 0 unspecified atom stereocenters. The fraction of sp³-hybridized carbons (Fsp3) is 0.500. The van der Waals surface area contributed by atoms with Gasteiger partial charge in [0.1, 0.15) is 0 Å². The van der Waals surface area contributed by atoms with Crippen molar-refractivity contribution in [3.63, 3.8) is 0 Å². The van der Waals surface area contributed by atoms with Crippen LogP contribution in [0.1, 0.15) is 101 Å². The number of allylic oxidation sites excluding steroid dienone is 19. The van der Waals surface area contributed by atoms with Crippen molar-refractivity contribution in [3.05, 3.63) is 119 Å². The SMILES string of the molecule is CC1=C(/C=C/C(C)=C/C=C/C(C)=C/C=C/C=C(C)/C=C/C=C(C)/C=C/[C@H](O)[C@]2(C)C[C@@H](O)CC2(C)C)C(C)(C)CCC1. The van der Waals surface area contributed by atoms with E-state index in [-0.39, 0.29) is 22.3 Å². The molecule has 2 rings (SSSR count). The Morgan fingerprint density at radius 3 is 1.74 bits per heavy atom. The molecule has 0 bridgehead atoms. The van der Waals surface area contributed by atoms with Crippen molar-refractivity contribution >= 4 is 0 Å². The Morgan fingerprint density at radius 1 is 0.738 bits per heavy atom. The summed E-state index contributed by atoms with van der Waals surface area (Å²) in [7, 11) is 0. The summed E-state index contributed by atoms with van der Waals surface area (Å²) in [6, 6.07) is 0. The molecule has 2 heteroatoms. The van der Waals surface area contributed by atoms with E-state index in [0.717, 1.165) is 17.6 Å². The van der Waals surface area contributed by atoms with Gasteiger partial charge in [0.05, 0.1) is 12.2 Å². The predicted octanol–water partition coefficient (Wildman–Crippen LogP) is 10.6. The normalized spacial score (nSPS) is 27.2. The maximum absolute atomic E-state index is 10.9. The average Bonchev–Trinajstić information content (AvgIpc) is 3.10. The Hall–Kier alpha value is -2.68. The second-order valence-electron chi connectivity index (χ2n) is 14.2. The molecule has 2 aliphatic rings. The summed E-state index contributed by atoms with van der Waals surface area (Å²) in [6.07, 6.45) is 33.6. The molecule has 0 aromatic heterocycles. The van der Waals surface area contributed by atoms with E-state index < -0.39 is 6.10 Å². The quantitative estimate of drug-likeness (QED) is 0.243. The number of rotatable bonds is 11. The first kappa shape index (κ1) is 35.5. The third-order valence-corrected chi connectivity index (χ3v) is 9.47. The van der Waals surface area contributed by atoms with Crippen molar-refractivity contribution in [1.29, 1.82) is 0 Å². The van der Waals surface area contributed by atoms with E-state index in [0.29, 0.717) is 6.42 Å². The number of aliphatic hydroxyl groups excluding tert-OH is 2. The minimum Gasteiger partial charge on any atom is -0.393 e. The highest BCUT2D eigenvalue weighted by Gasteiger charge is 2.52. The largest absolute Gasteiger partial charge is 0.393 e. The smallest absolute Gasteiger partial charge is 0.0783 e. The van der Waals surface area contributed by atoms with Gasteiger partial charge in [-0.1, -0.05) is 148 Å². The molecular formula is C40H58O2. The van der Waals surface area contributed by atoms with Gasteiger partial charge in [-0.2, -0.15) is 0 Å². The highest BCUT2D eigenvalue weighted by molar-refractivity contribution is 5.37. The van der Waals surface area contributed by atoms with E-state index in [1.165, 1.54) is 41.6 Å². The molecule has 0 radical (unpaired) electrons. The van der Waals surface area contributed by atoms with Crippen LogP contribution in [0.2, 0.25) is 0 Å². The summed E-state index contributed by atoms with van der Waals surface area (Å²) in [4.78, 5) is 0. The summed E-state index contributed by atoms with van der Waals surface area (Å²) in [5, 5.41) is 21.0.